The van der Waals surface area contributed by atoms with Crippen LogP contribution in [-0.4, -0.2) is 5.78 Å². The van der Waals surface area contributed by atoms with Gasteiger partial charge in [0.25, 0.3) is 0 Å². The smallest absolute Gasteiger partial charge is 0.193 e. The summed E-state index contributed by atoms with van der Waals surface area (Å²) in [5.41, 5.74) is 2.42. The first-order valence-electron chi connectivity index (χ1n) is 6.85. The lowest BCUT2D eigenvalue weighted by Gasteiger charge is -2.16. The predicted molar refractivity (Wildman–Crippen MR) is 84.6 cm³/mol. The van der Waals surface area contributed by atoms with Crippen molar-refractivity contribution in [2.45, 2.75) is 20.8 Å². The van der Waals surface area contributed by atoms with E-state index in [1.807, 2.05) is 60.7 Å². The summed E-state index contributed by atoms with van der Waals surface area (Å²) in [6.07, 6.45) is 2.05. The van der Waals surface area contributed by atoms with Gasteiger partial charge in [-0.05, 0) is 11.0 Å². The quantitative estimate of drug-likeness (QED) is 0.563. The maximum absolute atomic E-state index is 12.8. The summed E-state index contributed by atoms with van der Waals surface area (Å²) in [4.78, 5) is 12.8. The number of ketones is 1. The molecule has 0 aliphatic carbocycles. The topological polar surface area (TPSA) is 17.1 Å². The second-order valence-electron chi connectivity index (χ2n) is 5.99. The lowest BCUT2D eigenvalue weighted by Crippen LogP contribution is -2.08. The zero-order valence-electron chi connectivity index (χ0n) is 12.3. The van der Waals surface area contributed by atoms with Crippen LogP contribution in [0.25, 0.3) is 5.57 Å². The molecule has 0 aliphatic rings. The molecule has 2 aromatic rings. The fraction of sp³-hybridized carbons (Fsp3) is 0.211. The van der Waals surface area contributed by atoms with Gasteiger partial charge in [-0.2, -0.15) is 0 Å². The van der Waals surface area contributed by atoms with Gasteiger partial charge in [-0.3, -0.25) is 4.79 Å². The zero-order chi connectivity index (χ0) is 14.6. The van der Waals surface area contributed by atoms with E-state index in [9.17, 15) is 4.79 Å². The fourth-order valence-corrected chi connectivity index (χ4v) is 2.08. The minimum Gasteiger partial charge on any atom is -0.289 e. The Morgan fingerprint density at radius 1 is 0.800 bits per heavy atom. The molecule has 0 spiro atoms. The molecular formula is C19H20O. The van der Waals surface area contributed by atoms with E-state index >= 15 is 0 Å². The Balaban J connectivity index is 2.49. The first kappa shape index (κ1) is 14.3. The molecule has 0 radical (unpaired) electrons. The van der Waals surface area contributed by atoms with Gasteiger partial charge >= 0.3 is 0 Å². The maximum Gasteiger partial charge on any atom is 0.193 e. The molecule has 0 unspecified atom stereocenters. The minimum atomic E-state index is -0.0460. The van der Waals surface area contributed by atoms with Crippen LogP contribution >= 0.6 is 0 Å². The molecule has 2 aromatic carbocycles. The van der Waals surface area contributed by atoms with Crippen LogP contribution in [-0.2, 0) is 0 Å². The highest BCUT2D eigenvalue weighted by Gasteiger charge is 2.17. The molecular weight excluding hydrogens is 244 g/mol. The first-order valence-corrected chi connectivity index (χ1v) is 6.85. The van der Waals surface area contributed by atoms with Gasteiger partial charge < -0.3 is 0 Å². The van der Waals surface area contributed by atoms with Gasteiger partial charge in [-0.25, -0.2) is 0 Å². The normalized spacial score (nSPS) is 12.2. The molecule has 0 amide bonds. The molecule has 0 N–H and O–H groups in total. The van der Waals surface area contributed by atoms with Crippen LogP contribution < -0.4 is 0 Å². The number of benzene rings is 2. The summed E-state index contributed by atoms with van der Waals surface area (Å²) in [5.74, 6) is 0.0757. The van der Waals surface area contributed by atoms with Gasteiger partial charge in [0.1, 0.15) is 0 Å². The number of rotatable bonds is 3. The van der Waals surface area contributed by atoms with Crippen LogP contribution in [0.2, 0.25) is 0 Å². The van der Waals surface area contributed by atoms with Gasteiger partial charge in [-0.15, -0.1) is 0 Å². The van der Waals surface area contributed by atoms with Crippen molar-refractivity contribution >= 4 is 11.4 Å². The van der Waals surface area contributed by atoms with E-state index in [4.69, 9.17) is 0 Å². The molecule has 0 fully saturated rings. The third-order valence-corrected chi connectivity index (χ3v) is 2.94. The summed E-state index contributed by atoms with van der Waals surface area (Å²) >= 11 is 0. The average molecular weight is 264 g/mol. The Morgan fingerprint density at radius 2 is 1.25 bits per heavy atom. The molecule has 1 nitrogen and oxygen atoms in total. The van der Waals surface area contributed by atoms with Crippen LogP contribution in [0.3, 0.4) is 0 Å². The minimum absolute atomic E-state index is 0.0460. The second kappa shape index (κ2) is 5.87. The van der Waals surface area contributed by atoms with E-state index in [-0.39, 0.29) is 11.2 Å². The molecule has 0 saturated heterocycles. The van der Waals surface area contributed by atoms with Gasteiger partial charge in [0.05, 0.1) is 0 Å². The van der Waals surface area contributed by atoms with E-state index in [1.165, 1.54) is 0 Å². The summed E-state index contributed by atoms with van der Waals surface area (Å²) in [7, 11) is 0. The summed E-state index contributed by atoms with van der Waals surface area (Å²) in [6, 6.07) is 19.3. The predicted octanol–water partition coefficient (Wildman–Crippen LogP) is 5.00. The summed E-state index contributed by atoms with van der Waals surface area (Å²) in [6.45, 7) is 6.32. The zero-order valence-corrected chi connectivity index (χ0v) is 12.3. The lowest BCUT2D eigenvalue weighted by molar-refractivity contribution is 0.105. The average Bonchev–Trinajstić information content (AvgIpc) is 2.45. The summed E-state index contributed by atoms with van der Waals surface area (Å²) < 4.78 is 0. The van der Waals surface area contributed by atoms with Gasteiger partial charge in [0.2, 0.25) is 0 Å². The fourth-order valence-electron chi connectivity index (χ4n) is 2.08. The van der Waals surface area contributed by atoms with Crippen molar-refractivity contribution < 1.29 is 4.79 Å². The molecule has 1 heteroatoms. The van der Waals surface area contributed by atoms with Crippen LogP contribution in [0.5, 0.6) is 0 Å². The number of carbonyl (C=O) groups excluding carboxylic acids is 1. The molecule has 0 saturated carbocycles. The Morgan fingerprint density at radius 3 is 1.70 bits per heavy atom. The van der Waals surface area contributed by atoms with Crippen LogP contribution in [0.1, 0.15) is 36.7 Å². The molecule has 0 aliphatic heterocycles. The second-order valence-corrected chi connectivity index (χ2v) is 5.99. The van der Waals surface area contributed by atoms with Crippen molar-refractivity contribution in [1.29, 1.82) is 0 Å². The molecule has 20 heavy (non-hydrogen) atoms. The van der Waals surface area contributed by atoms with Crippen LogP contribution in [0, 0.1) is 5.41 Å². The van der Waals surface area contributed by atoms with E-state index in [2.05, 4.69) is 26.8 Å². The molecule has 0 heterocycles. The molecule has 0 bridgehead atoms. The first-order chi connectivity index (χ1) is 9.47. The third kappa shape index (κ3) is 3.67. The van der Waals surface area contributed by atoms with E-state index in [0.29, 0.717) is 0 Å². The number of Topliss-reactive ketones (excluding diaryl/α,β-unsaturated/α-hetero) is 1. The number of hydrogen-bond donors (Lipinski definition) is 0. The standard InChI is InChI=1S/C19H20O/c1-19(2,3)14-17(15-10-6-4-7-11-15)18(20)16-12-8-5-9-13-16/h4-14H,1-3H3/b17-14+. The van der Waals surface area contributed by atoms with Gasteiger partial charge in [-0.1, -0.05) is 87.5 Å². The van der Waals surface area contributed by atoms with Crippen LogP contribution in [0.4, 0.5) is 0 Å². The molecule has 102 valence electrons. The lowest BCUT2D eigenvalue weighted by atomic mass is 9.87. The van der Waals surface area contributed by atoms with E-state index in [1.54, 1.807) is 0 Å². The Hall–Kier alpha value is -2.15. The molecule has 0 aromatic heterocycles. The Labute approximate surface area is 121 Å². The van der Waals surface area contributed by atoms with Crippen molar-refractivity contribution in [2.75, 3.05) is 0 Å². The third-order valence-electron chi connectivity index (χ3n) is 2.94. The molecule has 0 atom stereocenters. The largest absolute Gasteiger partial charge is 0.289 e. The van der Waals surface area contributed by atoms with Crippen LogP contribution in [0.15, 0.2) is 66.7 Å². The highest BCUT2D eigenvalue weighted by Crippen LogP contribution is 2.26. The van der Waals surface area contributed by atoms with Crippen molar-refractivity contribution in [3.05, 3.63) is 77.9 Å². The Bertz CT molecular complexity index is 601. The Kier molecular flexibility index (Phi) is 4.19. The van der Waals surface area contributed by atoms with Crippen molar-refractivity contribution in [2.24, 2.45) is 5.41 Å². The van der Waals surface area contributed by atoms with Crippen molar-refractivity contribution in [1.82, 2.24) is 0 Å². The maximum atomic E-state index is 12.8. The van der Waals surface area contributed by atoms with Crippen molar-refractivity contribution in [3.8, 4) is 0 Å². The highest BCUT2D eigenvalue weighted by atomic mass is 16.1. The van der Waals surface area contributed by atoms with Gasteiger partial charge in [0, 0.05) is 11.1 Å². The van der Waals surface area contributed by atoms with Crippen molar-refractivity contribution in [3.63, 3.8) is 0 Å². The number of hydrogen-bond acceptors (Lipinski definition) is 1. The molecule has 2 rings (SSSR count). The summed E-state index contributed by atoms with van der Waals surface area (Å²) in [5, 5.41) is 0. The van der Waals surface area contributed by atoms with Gasteiger partial charge in [0.15, 0.2) is 5.78 Å². The number of allylic oxidation sites excluding steroid dienone is 2. The highest BCUT2D eigenvalue weighted by molar-refractivity contribution is 6.28. The van der Waals surface area contributed by atoms with E-state index in [0.717, 1.165) is 16.7 Å². The van der Waals surface area contributed by atoms with E-state index < -0.39 is 0 Å². The SMILES string of the molecule is CC(C)(C)/C=C(/C(=O)c1ccccc1)c1ccccc1. The number of carbonyl (C=O) groups is 1. The monoisotopic (exact) mass is 264 g/mol.